The highest BCUT2D eigenvalue weighted by molar-refractivity contribution is 9.10. The fraction of sp³-hybridized carbons (Fsp3) is 0.440. The van der Waals surface area contributed by atoms with E-state index in [4.69, 9.17) is 16.3 Å². The summed E-state index contributed by atoms with van der Waals surface area (Å²) in [5.74, 6) is 0.0365. The number of carbonyl (C=O) groups is 2. The molecule has 0 spiro atoms. The Morgan fingerprint density at radius 2 is 1.94 bits per heavy atom. The Morgan fingerprint density at radius 3 is 2.62 bits per heavy atom. The third kappa shape index (κ3) is 6.97. The van der Waals surface area contributed by atoms with Crippen LogP contribution in [0.3, 0.4) is 0 Å². The monoisotopic (exact) mass is 520 g/mol. The Bertz CT molecular complexity index is 947. The number of rotatable bonds is 8. The lowest BCUT2D eigenvalue weighted by Gasteiger charge is -2.31. The normalized spacial score (nSPS) is 15.1. The topological polar surface area (TPSA) is 58.6 Å². The van der Waals surface area contributed by atoms with Gasteiger partial charge in [-0.25, -0.2) is 0 Å². The van der Waals surface area contributed by atoms with Gasteiger partial charge in [-0.1, -0.05) is 76.6 Å². The first kappa shape index (κ1) is 24.6. The molecule has 1 saturated carbocycles. The van der Waals surface area contributed by atoms with Crippen molar-refractivity contribution >= 4 is 39.3 Å². The van der Waals surface area contributed by atoms with Gasteiger partial charge >= 0.3 is 0 Å². The van der Waals surface area contributed by atoms with Crippen molar-refractivity contribution in [2.45, 2.75) is 64.6 Å². The Kier molecular flexibility index (Phi) is 9.00. The second kappa shape index (κ2) is 11.7. The summed E-state index contributed by atoms with van der Waals surface area (Å²) in [6.07, 6.45) is 5.47. The van der Waals surface area contributed by atoms with Crippen LogP contribution in [-0.2, 0) is 16.1 Å². The van der Waals surface area contributed by atoms with Crippen LogP contribution in [-0.4, -0.2) is 35.4 Å². The first-order chi connectivity index (χ1) is 15.3. The van der Waals surface area contributed by atoms with Crippen molar-refractivity contribution in [2.24, 2.45) is 0 Å². The number of amides is 2. The van der Waals surface area contributed by atoms with Crippen molar-refractivity contribution < 1.29 is 14.3 Å². The van der Waals surface area contributed by atoms with E-state index in [1.165, 1.54) is 6.42 Å². The van der Waals surface area contributed by atoms with Crippen molar-refractivity contribution in [3.8, 4) is 5.75 Å². The van der Waals surface area contributed by atoms with Gasteiger partial charge in [0.1, 0.15) is 11.8 Å². The first-order valence-electron chi connectivity index (χ1n) is 11.1. The summed E-state index contributed by atoms with van der Waals surface area (Å²) in [6.45, 7) is 3.91. The molecule has 1 aliphatic rings. The molecule has 2 amide bonds. The van der Waals surface area contributed by atoms with Gasteiger partial charge in [0.15, 0.2) is 6.61 Å². The summed E-state index contributed by atoms with van der Waals surface area (Å²) in [6, 6.07) is 12.8. The van der Waals surface area contributed by atoms with E-state index in [2.05, 4.69) is 21.2 Å². The third-order valence-electron chi connectivity index (χ3n) is 5.80. The lowest BCUT2D eigenvalue weighted by molar-refractivity contribution is -0.142. The zero-order valence-corrected chi connectivity index (χ0v) is 20.9. The average molecular weight is 522 g/mol. The highest BCUT2D eigenvalue weighted by atomic mass is 79.9. The van der Waals surface area contributed by atoms with Crippen molar-refractivity contribution in [3.05, 3.63) is 63.1 Å². The van der Waals surface area contributed by atoms with Crippen LogP contribution in [0.1, 0.15) is 50.2 Å². The molecule has 1 aliphatic carbocycles. The average Bonchev–Trinajstić information content (AvgIpc) is 2.77. The van der Waals surface area contributed by atoms with E-state index in [1.807, 2.05) is 31.2 Å². The minimum absolute atomic E-state index is 0.125. The van der Waals surface area contributed by atoms with E-state index in [9.17, 15) is 9.59 Å². The second-order valence-corrected chi connectivity index (χ2v) is 9.72. The number of benzene rings is 2. The third-order valence-corrected chi connectivity index (χ3v) is 6.59. The van der Waals surface area contributed by atoms with Crippen LogP contribution >= 0.6 is 27.5 Å². The van der Waals surface area contributed by atoms with Gasteiger partial charge in [0, 0.05) is 17.1 Å². The summed E-state index contributed by atoms with van der Waals surface area (Å²) in [5.41, 5.74) is 2.07. The van der Waals surface area contributed by atoms with Gasteiger partial charge in [0.25, 0.3) is 5.91 Å². The minimum atomic E-state index is -0.617. The minimum Gasteiger partial charge on any atom is -0.482 e. The molecular weight excluding hydrogens is 492 g/mol. The Balaban J connectivity index is 1.72. The number of nitrogens with one attached hydrogen (secondary N) is 1. The number of nitrogens with zero attached hydrogens (tertiary/aromatic N) is 1. The van der Waals surface area contributed by atoms with Crippen LogP contribution < -0.4 is 10.1 Å². The zero-order valence-electron chi connectivity index (χ0n) is 18.6. The fourth-order valence-electron chi connectivity index (χ4n) is 3.97. The molecule has 1 fully saturated rings. The van der Waals surface area contributed by atoms with Crippen LogP contribution in [0.15, 0.2) is 46.9 Å². The van der Waals surface area contributed by atoms with Gasteiger partial charge in [0.2, 0.25) is 5.91 Å². The number of hydrogen-bond acceptors (Lipinski definition) is 3. The number of ether oxygens (including phenoxy) is 1. The molecule has 1 atom stereocenters. The number of halogens is 2. The number of hydrogen-bond donors (Lipinski definition) is 1. The van der Waals surface area contributed by atoms with Crippen molar-refractivity contribution in [1.29, 1.82) is 0 Å². The molecule has 0 radical (unpaired) electrons. The summed E-state index contributed by atoms with van der Waals surface area (Å²) < 4.78 is 6.53. The van der Waals surface area contributed by atoms with E-state index >= 15 is 0 Å². The van der Waals surface area contributed by atoms with Gasteiger partial charge in [-0.3, -0.25) is 9.59 Å². The molecule has 2 aromatic carbocycles. The summed E-state index contributed by atoms with van der Waals surface area (Å²) in [5, 5.41) is 3.56. The molecule has 172 valence electrons. The summed E-state index contributed by atoms with van der Waals surface area (Å²) in [4.78, 5) is 27.8. The summed E-state index contributed by atoms with van der Waals surface area (Å²) in [7, 11) is 0. The number of carbonyl (C=O) groups excluding carboxylic acids is 2. The Hall–Kier alpha value is -2.05. The molecule has 5 nitrogen and oxygen atoms in total. The van der Waals surface area contributed by atoms with Gasteiger partial charge in [-0.15, -0.1) is 0 Å². The largest absolute Gasteiger partial charge is 0.482 e. The van der Waals surface area contributed by atoms with Crippen molar-refractivity contribution in [2.75, 3.05) is 6.61 Å². The maximum Gasteiger partial charge on any atom is 0.261 e. The van der Waals surface area contributed by atoms with Gasteiger partial charge in [0.05, 0.1) is 5.02 Å². The molecule has 7 heteroatoms. The first-order valence-corrected chi connectivity index (χ1v) is 12.2. The van der Waals surface area contributed by atoms with E-state index < -0.39 is 6.04 Å². The Morgan fingerprint density at radius 1 is 1.19 bits per heavy atom. The molecule has 0 aliphatic heterocycles. The van der Waals surface area contributed by atoms with E-state index in [0.717, 1.165) is 41.3 Å². The quantitative estimate of drug-likeness (QED) is 0.488. The van der Waals surface area contributed by atoms with Crippen LogP contribution in [0, 0.1) is 6.92 Å². The highest BCUT2D eigenvalue weighted by Gasteiger charge is 2.28. The van der Waals surface area contributed by atoms with Gasteiger partial charge in [-0.05, 0) is 50.5 Å². The molecule has 3 rings (SSSR count). The van der Waals surface area contributed by atoms with Gasteiger partial charge < -0.3 is 15.0 Å². The van der Waals surface area contributed by atoms with Crippen LogP contribution in [0.25, 0.3) is 0 Å². The molecule has 0 heterocycles. The smallest absolute Gasteiger partial charge is 0.261 e. The van der Waals surface area contributed by atoms with Crippen LogP contribution in [0.4, 0.5) is 0 Å². The standard InChI is InChI=1S/C25H30BrClN2O3/c1-17-7-6-8-19(13-17)15-29(18(2)25(31)28-21-9-4-3-5-10-21)24(30)16-32-23-12-11-20(26)14-22(23)27/h6-8,11-14,18,21H,3-5,9-10,15-16H2,1-2H3,(H,28,31)/t18-/m1/s1. The Labute approximate surface area is 203 Å². The molecule has 2 aromatic rings. The SMILES string of the molecule is Cc1cccc(CN(C(=O)COc2ccc(Br)cc2Cl)[C@H](C)C(=O)NC2CCCCC2)c1. The maximum absolute atomic E-state index is 13.2. The highest BCUT2D eigenvalue weighted by Crippen LogP contribution is 2.28. The van der Waals surface area contributed by atoms with Gasteiger partial charge in [-0.2, -0.15) is 0 Å². The second-order valence-electron chi connectivity index (χ2n) is 8.39. The molecule has 0 bridgehead atoms. The molecular formula is C25H30BrClN2O3. The van der Waals surface area contributed by atoms with E-state index in [0.29, 0.717) is 17.3 Å². The van der Waals surface area contributed by atoms with Crippen molar-refractivity contribution in [1.82, 2.24) is 10.2 Å². The maximum atomic E-state index is 13.2. The molecule has 0 saturated heterocycles. The lowest BCUT2D eigenvalue weighted by Crippen LogP contribution is -2.51. The predicted molar refractivity (Wildman–Crippen MR) is 131 cm³/mol. The predicted octanol–water partition coefficient (Wildman–Crippen LogP) is 5.66. The van der Waals surface area contributed by atoms with E-state index in [-0.39, 0.29) is 24.5 Å². The molecule has 32 heavy (non-hydrogen) atoms. The van der Waals surface area contributed by atoms with Crippen LogP contribution in [0.5, 0.6) is 5.75 Å². The zero-order chi connectivity index (χ0) is 23.1. The van der Waals surface area contributed by atoms with E-state index in [1.54, 1.807) is 30.0 Å². The molecule has 1 N–H and O–H groups in total. The van der Waals surface area contributed by atoms with Crippen LogP contribution in [0.2, 0.25) is 5.02 Å². The number of aryl methyl sites for hydroxylation is 1. The molecule has 0 aromatic heterocycles. The molecule has 0 unspecified atom stereocenters. The van der Waals surface area contributed by atoms with Crippen molar-refractivity contribution in [3.63, 3.8) is 0 Å². The summed E-state index contributed by atoms with van der Waals surface area (Å²) >= 11 is 9.58. The lowest BCUT2D eigenvalue weighted by atomic mass is 9.95. The fourth-order valence-corrected chi connectivity index (χ4v) is 4.70.